The average Bonchev–Trinajstić information content (AvgIpc) is 2.87. The van der Waals surface area contributed by atoms with Crippen LogP contribution in [0.5, 0.6) is 0 Å². The van der Waals surface area contributed by atoms with Gasteiger partial charge in [0.15, 0.2) is 0 Å². The predicted octanol–water partition coefficient (Wildman–Crippen LogP) is 2.23. The van der Waals surface area contributed by atoms with Gasteiger partial charge in [-0.15, -0.1) is 0 Å². The van der Waals surface area contributed by atoms with Gasteiger partial charge >= 0.3 is 0 Å². The minimum Gasteiger partial charge on any atom is -0.384 e. The van der Waals surface area contributed by atoms with E-state index in [4.69, 9.17) is 5.73 Å². The number of aromatic nitrogens is 3. The molecule has 0 spiro atoms. The maximum Gasteiger partial charge on any atom is 0.124 e. The molecule has 0 aliphatic carbocycles. The molecule has 0 saturated carbocycles. The fraction of sp³-hybridized carbons (Fsp3) is 0. The van der Waals surface area contributed by atoms with E-state index in [2.05, 4.69) is 15.0 Å². The van der Waals surface area contributed by atoms with Crippen molar-refractivity contribution in [1.29, 1.82) is 0 Å². The lowest BCUT2D eigenvalue weighted by Gasteiger charge is -1.95. The molecule has 80 valence electrons. The topological polar surface area (TPSA) is 67.6 Å². The quantitative estimate of drug-likeness (QED) is 0.600. The number of nitrogens with two attached hydrogens (primary N) is 1. The Morgan fingerprint density at radius 1 is 1.06 bits per heavy atom. The van der Waals surface area contributed by atoms with E-state index in [9.17, 15) is 0 Å². The lowest BCUT2D eigenvalue weighted by molar-refractivity contribution is 1.31. The summed E-state index contributed by atoms with van der Waals surface area (Å²) >= 11 is 0. The van der Waals surface area contributed by atoms with Crippen molar-refractivity contribution in [2.24, 2.45) is 0 Å². The van der Waals surface area contributed by atoms with Crippen LogP contribution in [-0.4, -0.2) is 15.0 Å². The van der Waals surface area contributed by atoms with Crippen molar-refractivity contribution in [3.63, 3.8) is 0 Å². The Labute approximate surface area is 93.2 Å². The molecule has 3 N–H and O–H groups in total. The number of nitrogens with one attached hydrogen (secondary N) is 1. The highest BCUT2D eigenvalue weighted by Gasteiger charge is 1.91. The second kappa shape index (κ2) is 4.93. The molecule has 4 heteroatoms. The highest BCUT2D eigenvalue weighted by Crippen LogP contribution is 2.11. The molecule has 0 fully saturated rings. The standard InChI is InChI=1S/C9H8N2.C3H4N2/c10-9-6-5-7-3-1-2-4-8(7)11-9;1-2-5-3-4-1/h1-6H,(H2,10,11);1-3H,(H,4,5). The zero-order chi connectivity index (χ0) is 11.2. The highest BCUT2D eigenvalue weighted by molar-refractivity contribution is 5.79. The van der Waals surface area contributed by atoms with Crippen molar-refractivity contribution in [1.82, 2.24) is 15.0 Å². The summed E-state index contributed by atoms with van der Waals surface area (Å²) < 4.78 is 0. The zero-order valence-electron chi connectivity index (χ0n) is 8.67. The van der Waals surface area contributed by atoms with Gasteiger partial charge in [0.25, 0.3) is 0 Å². The Balaban J connectivity index is 0.000000162. The number of aromatic amines is 1. The van der Waals surface area contributed by atoms with Crippen LogP contribution in [0.2, 0.25) is 0 Å². The van der Waals surface area contributed by atoms with Crippen LogP contribution >= 0.6 is 0 Å². The average molecular weight is 212 g/mol. The fourth-order valence-electron chi connectivity index (χ4n) is 1.30. The van der Waals surface area contributed by atoms with E-state index in [1.54, 1.807) is 18.7 Å². The minimum atomic E-state index is 0.573. The first-order chi connectivity index (χ1) is 7.86. The molecule has 4 nitrogen and oxygen atoms in total. The number of pyridine rings is 1. The molecule has 2 aromatic heterocycles. The van der Waals surface area contributed by atoms with E-state index in [0.717, 1.165) is 10.9 Å². The maximum atomic E-state index is 5.51. The third-order valence-electron chi connectivity index (χ3n) is 2.03. The van der Waals surface area contributed by atoms with Crippen molar-refractivity contribution in [3.8, 4) is 0 Å². The van der Waals surface area contributed by atoms with Crippen LogP contribution in [0, 0.1) is 0 Å². The van der Waals surface area contributed by atoms with Crippen molar-refractivity contribution >= 4 is 16.7 Å². The SMILES string of the molecule is Nc1ccc2ccccc2n1.c1c[nH]cn1. The summed E-state index contributed by atoms with van der Waals surface area (Å²) in [4.78, 5) is 10.6. The van der Waals surface area contributed by atoms with Crippen LogP contribution in [0.1, 0.15) is 0 Å². The van der Waals surface area contributed by atoms with Crippen molar-refractivity contribution in [3.05, 3.63) is 55.1 Å². The van der Waals surface area contributed by atoms with Gasteiger partial charge in [0, 0.05) is 17.8 Å². The van der Waals surface area contributed by atoms with Crippen LogP contribution in [0.4, 0.5) is 5.82 Å². The monoisotopic (exact) mass is 212 g/mol. The summed E-state index contributed by atoms with van der Waals surface area (Å²) in [5.74, 6) is 0.573. The molecule has 3 aromatic rings. The molecule has 0 bridgehead atoms. The van der Waals surface area contributed by atoms with E-state index in [-0.39, 0.29) is 0 Å². The summed E-state index contributed by atoms with van der Waals surface area (Å²) in [6, 6.07) is 11.7. The van der Waals surface area contributed by atoms with Crippen LogP contribution in [0.3, 0.4) is 0 Å². The molecule has 0 unspecified atom stereocenters. The predicted molar refractivity (Wildman–Crippen MR) is 64.7 cm³/mol. The summed E-state index contributed by atoms with van der Waals surface area (Å²) in [6.07, 6.45) is 5.08. The molecule has 0 amide bonds. The number of hydrogen-bond donors (Lipinski definition) is 2. The van der Waals surface area contributed by atoms with E-state index < -0.39 is 0 Å². The van der Waals surface area contributed by atoms with Gasteiger partial charge in [-0.2, -0.15) is 0 Å². The Morgan fingerprint density at radius 3 is 2.62 bits per heavy atom. The Hall–Kier alpha value is -2.36. The first-order valence-corrected chi connectivity index (χ1v) is 4.90. The summed E-state index contributed by atoms with van der Waals surface area (Å²) in [6.45, 7) is 0. The van der Waals surface area contributed by atoms with Gasteiger partial charge in [-0.25, -0.2) is 9.97 Å². The minimum absolute atomic E-state index is 0.573. The third-order valence-corrected chi connectivity index (χ3v) is 2.03. The van der Waals surface area contributed by atoms with Gasteiger partial charge in [0.1, 0.15) is 5.82 Å². The number of benzene rings is 1. The van der Waals surface area contributed by atoms with Gasteiger partial charge in [0.05, 0.1) is 11.8 Å². The van der Waals surface area contributed by atoms with Crippen molar-refractivity contribution in [2.45, 2.75) is 0 Å². The molecule has 0 aliphatic heterocycles. The summed E-state index contributed by atoms with van der Waals surface area (Å²) in [5.41, 5.74) is 6.46. The molecule has 16 heavy (non-hydrogen) atoms. The lowest BCUT2D eigenvalue weighted by Crippen LogP contribution is -1.88. The second-order valence-corrected chi connectivity index (χ2v) is 3.19. The number of nitrogens with zero attached hydrogens (tertiary/aromatic N) is 2. The molecule has 2 heterocycles. The van der Waals surface area contributed by atoms with E-state index in [1.165, 1.54) is 0 Å². The number of H-pyrrole nitrogens is 1. The summed E-state index contributed by atoms with van der Waals surface area (Å²) in [5, 5.41) is 1.13. The second-order valence-electron chi connectivity index (χ2n) is 3.19. The van der Waals surface area contributed by atoms with Crippen LogP contribution in [0.15, 0.2) is 55.1 Å². The third kappa shape index (κ3) is 2.57. The molecule has 0 saturated heterocycles. The first kappa shape index (κ1) is 10.2. The molecular weight excluding hydrogens is 200 g/mol. The number of anilines is 1. The fourth-order valence-corrected chi connectivity index (χ4v) is 1.30. The van der Waals surface area contributed by atoms with Gasteiger partial charge in [-0.3, -0.25) is 0 Å². The van der Waals surface area contributed by atoms with E-state index >= 15 is 0 Å². The number of para-hydroxylation sites is 1. The van der Waals surface area contributed by atoms with Gasteiger partial charge < -0.3 is 10.7 Å². The van der Waals surface area contributed by atoms with Crippen LogP contribution < -0.4 is 5.73 Å². The number of imidazole rings is 1. The first-order valence-electron chi connectivity index (χ1n) is 4.90. The van der Waals surface area contributed by atoms with Crippen molar-refractivity contribution in [2.75, 3.05) is 5.73 Å². The molecule has 0 radical (unpaired) electrons. The number of hydrogen-bond acceptors (Lipinski definition) is 3. The number of rotatable bonds is 0. The highest BCUT2D eigenvalue weighted by atomic mass is 14.8. The van der Waals surface area contributed by atoms with Gasteiger partial charge in [-0.1, -0.05) is 18.2 Å². The molecule has 1 aromatic carbocycles. The van der Waals surface area contributed by atoms with Gasteiger partial charge in [0.2, 0.25) is 0 Å². The van der Waals surface area contributed by atoms with E-state index in [1.807, 2.05) is 36.4 Å². The van der Waals surface area contributed by atoms with Crippen LogP contribution in [-0.2, 0) is 0 Å². The molecule has 0 atom stereocenters. The van der Waals surface area contributed by atoms with E-state index in [0.29, 0.717) is 5.82 Å². The van der Waals surface area contributed by atoms with Crippen LogP contribution in [0.25, 0.3) is 10.9 Å². The smallest absolute Gasteiger partial charge is 0.124 e. The number of fused-ring (bicyclic) bond motifs is 1. The number of nitrogen functional groups attached to an aromatic ring is 1. The Bertz CT molecular complexity index is 529. The largest absolute Gasteiger partial charge is 0.384 e. The normalized spacial score (nSPS) is 9.50. The summed E-state index contributed by atoms with van der Waals surface area (Å²) in [7, 11) is 0. The molecule has 0 aliphatic rings. The molecular formula is C12H12N4. The van der Waals surface area contributed by atoms with Crippen molar-refractivity contribution < 1.29 is 0 Å². The Kier molecular flexibility index (Phi) is 3.13. The van der Waals surface area contributed by atoms with Gasteiger partial charge in [-0.05, 0) is 18.2 Å². The lowest BCUT2D eigenvalue weighted by atomic mass is 10.2. The maximum absolute atomic E-state index is 5.51. The molecule has 3 rings (SSSR count). The zero-order valence-corrected chi connectivity index (χ0v) is 8.67. The Morgan fingerprint density at radius 2 is 1.94 bits per heavy atom.